The first-order valence-electron chi connectivity index (χ1n) is 7.45. The van der Waals surface area contributed by atoms with Gasteiger partial charge < -0.3 is 10.0 Å². The fourth-order valence-electron chi connectivity index (χ4n) is 2.53. The van der Waals surface area contributed by atoms with Crippen molar-refractivity contribution in [1.29, 1.82) is 0 Å². The Morgan fingerprint density at radius 3 is 1.83 bits per heavy atom. The average molecular weight is 309 g/mol. The average Bonchev–Trinajstić information content (AvgIpc) is 2.59. The topological polar surface area (TPSA) is 57.6 Å². The van der Waals surface area contributed by atoms with E-state index in [-0.39, 0.29) is 11.9 Å². The van der Waals surface area contributed by atoms with Crippen molar-refractivity contribution in [2.24, 2.45) is 0 Å². The molecule has 0 aliphatic carbocycles. The van der Waals surface area contributed by atoms with Gasteiger partial charge in [0.25, 0.3) is 0 Å². The third-order valence-electron chi connectivity index (χ3n) is 3.53. The van der Waals surface area contributed by atoms with E-state index in [0.29, 0.717) is 6.54 Å². The van der Waals surface area contributed by atoms with Crippen LogP contribution in [0.3, 0.4) is 0 Å². The molecule has 0 fully saturated rings. The van der Waals surface area contributed by atoms with Gasteiger partial charge in [0.2, 0.25) is 5.91 Å². The number of carboxylic acids is 1. The molecular formula is C19H19NO3. The number of likely N-dealkylation sites (N-methyl/N-ethyl adjacent to an activating group) is 1. The zero-order valence-electron chi connectivity index (χ0n) is 12.9. The summed E-state index contributed by atoms with van der Waals surface area (Å²) in [6.45, 7) is 2.35. The highest BCUT2D eigenvalue weighted by Crippen LogP contribution is 2.28. The van der Waals surface area contributed by atoms with Crippen LogP contribution in [0.2, 0.25) is 0 Å². The van der Waals surface area contributed by atoms with E-state index in [4.69, 9.17) is 5.11 Å². The van der Waals surface area contributed by atoms with Crippen molar-refractivity contribution in [3.8, 4) is 0 Å². The smallest absolute Gasteiger partial charge is 0.328 e. The van der Waals surface area contributed by atoms with Crippen LogP contribution >= 0.6 is 0 Å². The second kappa shape index (κ2) is 7.94. The second-order valence-corrected chi connectivity index (χ2v) is 5.02. The summed E-state index contributed by atoms with van der Waals surface area (Å²) < 4.78 is 0. The van der Waals surface area contributed by atoms with Gasteiger partial charge in [-0.2, -0.15) is 0 Å². The molecule has 0 aliphatic rings. The standard InChI is InChI=1S/C19H19NO3/c1-2-20(17(21)13-14-18(22)23)19(15-9-5-3-6-10-15)16-11-7-4-8-12-16/h3-14,19H,2H2,1H3,(H,22,23)/b14-13+. The van der Waals surface area contributed by atoms with Gasteiger partial charge in [-0.3, -0.25) is 4.79 Å². The van der Waals surface area contributed by atoms with Gasteiger partial charge in [-0.25, -0.2) is 4.79 Å². The van der Waals surface area contributed by atoms with E-state index in [1.54, 1.807) is 4.90 Å². The quantitative estimate of drug-likeness (QED) is 0.833. The lowest BCUT2D eigenvalue weighted by Crippen LogP contribution is -2.34. The molecule has 1 N–H and O–H groups in total. The molecule has 2 aromatic carbocycles. The third-order valence-corrected chi connectivity index (χ3v) is 3.53. The predicted octanol–water partition coefficient (Wildman–Crippen LogP) is 3.27. The summed E-state index contributed by atoms with van der Waals surface area (Å²) >= 11 is 0. The first kappa shape index (κ1) is 16.5. The summed E-state index contributed by atoms with van der Waals surface area (Å²) in [5.74, 6) is -1.46. The molecule has 0 heterocycles. The molecule has 4 nitrogen and oxygen atoms in total. The molecule has 0 aliphatic heterocycles. The van der Waals surface area contributed by atoms with Gasteiger partial charge in [-0.05, 0) is 18.1 Å². The van der Waals surface area contributed by atoms with Gasteiger partial charge >= 0.3 is 5.97 Å². The Kier molecular flexibility index (Phi) is 5.69. The number of hydrogen-bond donors (Lipinski definition) is 1. The summed E-state index contributed by atoms with van der Waals surface area (Å²) in [5, 5.41) is 8.73. The number of hydrogen-bond acceptors (Lipinski definition) is 2. The first-order chi connectivity index (χ1) is 11.1. The Bertz CT molecular complexity index is 641. The number of benzene rings is 2. The monoisotopic (exact) mass is 309 g/mol. The zero-order chi connectivity index (χ0) is 16.7. The molecule has 118 valence electrons. The number of carbonyl (C=O) groups is 2. The highest BCUT2D eigenvalue weighted by molar-refractivity contribution is 5.94. The van der Waals surface area contributed by atoms with E-state index in [9.17, 15) is 9.59 Å². The molecule has 2 rings (SSSR count). The van der Waals surface area contributed by atoms with Crippen LogP contribution in [0.5, 0.6) is 0 Å². The van der Waals surface area contributed by atoms with E-state index >= 15 is 0 Å². The maximum atomic E-state index is 12.4. The van der Waals surface area contributed by atoms with Crippen molar-refractivity contribution >= 4 is 11.9 Å². The van der Waals surface area contributed by atoms with E-state index in [1.165, 1.54) is 0 Å². The van der Waals surface area contributed by atoms with Gasteiger partial charge in [-0.15, -0.1) is 0 Å². The molecule has 0 aromatic heterocycles. The highest BCUT2D eigenvalue weighted by atomic mass is 16.4. The van der Waals surface area contributed by atoms with Crippen LogP contribution in [0, 0.1) is 0 Å². The van der Waals surface area contributed by atoms with E-state index in [2.05, 4.69) is 0 Å². The van der Waals surface area contributed by atoms with Crippen LogP contribution in [0.15, 0.2) is 72.8 Å². The van der Waals surface area contributed by atoms with Crippen molar-refractivity contribution in [3.63, 3.8) is 0 Å². The Morgan fingerprint density at radius 1 is 0.957 bits per heavy atom. The van der Waals surface area contributed by atoms with Gasteiger partial charge in [0.1, 0.15) is 0 Å². The highest BCUT2D eigenvalue weighted by Gasteiger charge is 2.24. The fraction of sp³-hybridized carbons (Fsp3) is 0.158. The van der Waals surface area contributed by atoms with E-state index in [1.807, 2.05) is 67.6 Å². The molecule has 0 unspecified atom stereocenters. The van der Waals surface area contributed by atoms with E-state index in [0.717, 1.165) is 23.3 Å². The largest absolute Gasteiger partial charge is 0.478 e. The van der Waals surface area contributed by atoms with Crippen molar-refractivity contribution in [2.75, 3.05) is 6.54 Å². The zero-order valence-corrected chi connectivity index (χ0v) is 12.9. The Hall–Kier alpha value is -2.88. The molecule has 1 amide bonds. The van der Waals surface area contributed by atoms with Crippen LogP contribution in [-0.2, 0) is 9.59 Å². The molecule has 0 bridgehead atoms. The lowest BCUT2D eigenvalue weighted by atomic mass is 9.97. The molecule has 0 saturated carbocycles. The summed E-state index contributed by atoms with van der Waals surface area (Å²) in [5.41, 5.74) is 1.97. The van der Waals surface area contributed by atoms with Crippen molar-refractivity contribution < 1.29 is 14.7 Å². The summed E-state index contributed by atoms with van der Waals surface area (Å²) in [7, 11) is 0. The Balaban J connectivity index is 2.43. The lowest BCUT2D eigenvalue weighted by molar-refractivity contribution is -0.132. The van der Waals surface area contributed by atoms with Crippen LogP contribution < -0.4 is 0 Å². The lowest BCUT2D eigenvalue weighted by Gasteiger charge is -2.31. The summed E-state index contributed by atoms with van der Waals surface area (Å²) in [4.78, 5) is 24.8. The van der Waals surface area contributed by atoms with Crippen LogP contribution in [0.25, 0.3) is 0 Å². The van der Waals surface area contributed by atoms with Gasteiger partial charge in [0.05, 0.1) is 6.04 Å². The second-order valence-electron chi connectivity index (χ2n) is 5.02. The minimum atomic E-state index is -1.13. The number of aliphatic carboxylic acids is 1. The molecule has 0 saturated heterocycles. The number of amides is 1. The molecule has 2 aromatic rings. The molecule has 0 radical (unpaired) electrons. The maximum Gasteiger partial charge on any atom is 0.328 e. The number of carbonyl (C=O) groups excluding carboxylic acids is 1. The third kappa shape index (κ3) is 4.30. The Morgan fingerprint density at radius 2 is 1.43 bits per heavy atom. The van der Waals surface area contributed by atoms with E-state index < -0.39 is 5.97 Å². The molecule has 23 heavy (non-hydrogen) atoms. The summed E-state index contributed by atoms with van der Waals surface area (Å²) in [6.07, 6.45) is 1.97. The Labute approximate surface area is 135 Å². The predicted molar refractivity (Wildman–Crippen MR) is 88.9 cm³/mol. The van der Waals surface area contributed by atoms with Crippen molar-refractivity contribution in [2.45, 2.75) is 13.0 Å². The molecule has 4 heteroatoms. The minimum Gasteiger partial charge on any atom is -0.478 e. The SMILES string of the molecule is CCN(C(=O)/C=C/C(=O)O)C(c1ccccc1)c1ccccc1. The van der Waals surface area contributed by atoms with Crippen molar-refractivity contribution in [1.82, 2.24) is 4.90 Å². The van der Waals surface area contributed by atoms with Crippen molar-refractivity contribution in [3.05, 3.63) is 83.9 Å². The van der Waals surface area contributed by atoms with Crippen LogP contribution in [0.1, 0.15) is 24.1 Å². The van der Waals surface area contributed by atoms with Crippen LogP contribution in [0.4, 0.5) is 0 Å². The molecule has 0 spiro atoms. The normalized spacial score (nSPS) is 10.9. The number of carboxylic acid groups (broad SMARTS) is 1. The number of nitrogens with zero attached hydrogens (tertiary/aromatic N) is 1. The summed E-state index contributed by atoms with van der Waals surface area (Å²) in [6, 6.07) is 19.2. The van der Waals surface area contributed by atoms with Gasteiger partial charge in [0, 0.05) is 18.7 Å². The molecule has 0 atom stereocenters. The maximum absolute atomic E-state index is 12.4. The minimum absolute atomic E-state index is 0.256. The van der Waals surface area contributed by atoms with Gasteiger partial charge in [0.15, 0.2) is 0 Å². The number of rotatable bonds is 6. The molecular weight excluding hydrogens is 290 g/mol. The van der Waals surface area contributed by atoms with Gasteiger partial charge in [-0.1, -0.05) is 60.7 Å². The fourth-order valence-corrected chi connectivity index (χ4v) is 2.53. The van der Waals surface area contributed by atoms with Crippen LogP contribution in [-0.4, -0.2) is 28.4 Å². The first-order valence-corrected chi connectivity index (χ1v) is 7.45.